The monoisotopic (exact) mass is 493 g/mol. The molecule has 1 fully saturated rings. The number of benzene rings is 2. The van der Waals surface area contributed by atoms with Crippen LogP contribution in [0.3, 0.4) is 0 Å². The van der Waals surface area contributed by atoms with Gasteiger partial charge in [0.2, 0.25) is 0 Å². The summed E-state index contributed by atoms with van der Waals surface area (Å²) in [5, 5.41) is 1.31. The Morgan fingerprint density at radius 2 is 1.75 bits per heavy atom. The molecule has 3 rings (SSSR count). The Morgan fingerprint density at radius 3 is 2.44 bits per heavy atom. The van der Waals surface area contributed by atoms with E-state index >= 15 is 0 Å². The topological polar surface area (TPSA) is 90.0 Å². The van der Waals surface area contributed by atoms with E-state index in [2.05, 4.69) is 19.6 Å². The number of carbonyl (C=O) groups is 2. The van der Waals surface area contributed by atoms with E-state index in [-0.39, 0.29) is 18.2 Å². The summed E-state index contributed by atoms with van der Waals surface area (Å²) in [6, 6.07) is 14.0. The van der Waals surface area contributed by atoms with Crippen molar-refractivity contribution in [3.8, 4) is 0 Å². The van der Waals surface area contributed by atoms with E-state index < -0.39 is 29.3 Å². The molecule has 1 aliphatic rings. The zero-order valence-electron chi connectivity index (χ0n) is 18.6. The quantitative estimate of drug-likeness (QED) is 0.219. The highest BCUT2D eigenvalue weighted by Crippen LogP contribution is 2.38. The fourth-order valence-corrected chi connectivity index (χ4v) is 5.15. The van der Waals surface area contributed by atoms with Crippen LogP contribution in [0.15, 0.2) is 47.4 Å². The van der Waals surface area contributed by atoms with Crippen LogP contribution in [0.25, 0.3) is 16.3 Å². The van der Waals surface area contributed by atoms with Crippen molar-refractivity contribution in [2.75, 3.05) is 26.2 Å². The van der Waals surface area contributed by atoms with Crippen molar-refractivity contribution in [2.45, 2.75) is 25.7 Å². The summed E-state index contributed by atoms with van der Waals surface area (Å²) >= 11 is 0.778. The van der Waals surface area contributed by atoms with Crippen molar-refractivity contribution in [1.82, 2.24) is 4.90 Å². The SMILES string of the molecule is C[Si](C)(C)CCOCN1C(=O)S/C(=C(\COS(C)(=O)=O)c2cccc3ccccc23)C1=O. The molecule has 0 spiro atoms. The summed E-state index contributed by atoms with van der Waals surface area (Å²) in [6.45, 7) is 6.66. The Morgan fingerprint density at radius 1 is 1.06 bits per heavy atom. The summed E-state index contributed by atoms with van der Waals surface area (Å²) in [4.78, 5) is 26.9. The number of amides is 2. The summed E-state index contributed by atoms with van der Waals surface area (Å²) in [6.07, 6.45) is 0.950. The van der Waals surface area contributed by atoms with Crippen molar-refractivity contribution in [2.24, 2.45) is 0 Å². The minimum absolute atomic E-state index is 0.131. The standard InChI is InChI=1S/C22H27NO6S2Si/c1-31(26,27)29-14-19(18-11-7-9-16-8-5-6-10-17(16)18)20-21(24)23(22(25)30-20)15-28-12-13-32(2,3)4/h5-11H,12-15H2,1-4H3/b20-19+. The van der Waals surface area contributed by atoms with Crippen LogP contribution in [0.4, 0.5) is 4.79 Å². The lowest BCUT2D eigenvalue weighted by atomic mass is 9.98. The largest absolute Gasteiger partial charge is 0.361 e. The van der Waals surface area contributed by atoms with Crippen LogP contribution in [0.1, 0.15) is 5.56 Å². The molecule has 0 atom stereocenters. The van der Waals surface area contributed by atoms with Gasteiger partial charge in [0.05, 0.1) is 17.8 Å². The summed E-state index contributed by atoms with van der Waals surface area (Å²) in [7, 11) is -5.06. The van der Waals surface area contributed by atoms with Gasteiger partial charge in [0.1, 0.15) is 6.73 Å². The number of thioether (sulfide) groups is 1. The fourth-order valence-electron chi connectivity index (χ4n) is 3.15. The number of hydrogen-bond acceptors (Lipinski definition) is 7. The zero-order valence-corrected chi connectivity index (χ0v) is 21.2. The number of carbonyl (C=O) groups excluding carboxylic acids is 2. The number of ether oxygens (including phenoxy) is 1. The average molecular weight is 494 g/mol. The first kappa shape index (κ1) is 24.7. The molecule has 1 saturated heterocycles. The minimum Gasteiger partial charge on any atom is -0.361 e. The first-order chi connectivity index (χ1) is 15.0. The molecule has 172 valence electrons. The second-order valence-corrected chi connectivity index (χ2v) is 17.0. The number of imide groups is 1. The number of rotatable bonds is 9. The minimum atomic E-state index is -3.76. The molecule has 0 bridgehead atoms. The fraction of sp³-hybridized carbons (Fsp3) is 0.364. The number of nitrogens with zero attached hydrogens (tertiary/aromatic N) is 1. The van der Waals surface area contributed by atoms with Crippen LogP contribution in [-0.2, 0) is 23.8 Å². The Hall–Kier alpha value is -1.98. The summed E-state index contributed by atoms with van der Waals surface area (Å²) in [5.74, 6) is -0.506. The Balaban J connectivity index is 1.95. The van der Waals surface area contributed by atoms with Crippen molar-refractivity contribution in [3.63, 3.8) is 0 Å². The van der Waals surface area contributed by atoms with Gasteiger partial charge in [-0.1, -0.05) is 62.1 Å². The molecule has 2 aromatic rings. The van der Waals surface area contributed by atoms with Gasteiger partial charge in [-0.15, -0.1) is 0 Å². The molecule has 2 aromatic carbocycles. The van der Waals surface area contributed by atoms with E-state index in [9.17, 15) is 18.0 Å². The van der Waals surface area contributed by atoms with Crippen LogP contribution < -0.4 is 0 Å². The Bertz CT molecular complexity index is 1170. The Labute approximate surface area is 193 Å². The molecule has 0 unspecified atom stereocenters. The van der Waals surface area contributed by atoms with Crippen molar-refractivity contribution in [3.05, 3.63) is 52.9 Å². The van der Waals surface area contributed by atoms with Gasteiger partial charge in [-0.3, -0.25) is 13.8 Å². The predicted octanol–water partition coefficient (Wildman–Crippen LogP) is 4.53. The van der Waals surface area contributed by atoms with Crippen molar-refractivity contribution in [1.29, 1.82) is 0 Å². The number of fused-ring (bicyclic) bond motifs is 1. The van der Waals surface area contributed by atoms with Crippen LogP contribution >= 0.6 is 11.8 Å². The van der Waals surface area contributed by atoms with E-state index in [4.69, 9.17) is 8.92 Å². The van der Waals surface area contributed by atoms with E-state index in [0.29, 0.717) is 17.7 Å². The van der Waals surface area contributed by atoms with Crippen LogP contribution in [0.2, 0.25) is 25.7 Å². The first-order valence-corrected chi connectivity index (χ1v) is 16.5. The first-order valence-electron chi connectivity index (χ1n) is 10.1. The molecule has 0 saturated carbocycles. The molecule has 1 aliphatic heterocycles. The van der Waals surface area contributed by atoms with Crippen LogP contribution in [0.5, 0.6) is 0 Å². The summed E-state index contributed by atoms with van der Waals surface area (Å²) in [5.41, 5.74) is 1.01. The van der Waals surface area contributed by atoms with Gasteiger partial charge in [0.25, 0.3) is 21.3 Å². The lowest BCUT2D eigenvalue weighted by Gasteiger charge is -2.18. The van der Waals surface area contributed by atoms with Gasteiger partial charge in [-0.2, -0.15) is 8.42 Å². The van der Waals surface area contributed by atoms with Gasteiger partial charge >= 0.3 is 0 Å². The third-order valence-electron chi connectivity index (χ3n) is 4.87. The van der Waals surface area contributed by atoms with Crippen LogP contribution in [-0.4, -0.2) is 58.7 Å². The van der Waals surface area contributed by atoms with Gasteiger partial charge in [-0.05, 0) is 34.1 Å². The predicted molar refractivity (Wildman–Crippen MR) is 130 cm³/mol. The molecular weight excluding hydrogens is 466 g/mol. The van der Waals surface area contributed by atoms with Crippen LogP contribution in [0, 0.1) is 0 Å². The molecule has 0 N–H and O–H groups in total. The average Bonchev–Trinajstić information content (AvgIpc) is 2.98. The molecule has 0 radical (unpaired) electrons. The van der Waals surface area contributed by atoms with Gasteiger partial charge < -0.3 is 4.74 Å². The number of hydrogen-bond donors (Lipinski definition) is 0. The maximum atomic E-state index is 13.1. The zero-order chi connectivity index (χ0) is 23.5. The Kier molecular flexibility index (Phi) is 7.61. The van der Waals surface area contributed by atoms with E-state index in [1.54, 1.807) is 6.07 Å². The highest BCUT2D eigenvalue weighted by molar-refractivity contribution is 8.18. The molecule has 2 amide bonds. The van der Waals surface area contributed by atoms with Gasteiger partial charge in [0.15, 0.2) is 0 Å². The third-order valence-corrected chi connectivity index (χ3v) is 8.14. The third kappa shape index (κ3) is 6.29. The highest BCUT2D eigenvalue weighted by atomic mass is 32.2. The van der Waals surface area contributed by atoms with E-state index in [0.717, 1.165) is 39.7 Å². The molecule has 7 nitrogen and oxygen atoms in total. The van der Waals surface area contributed by atoms with Crippen molar-refractivity contribution < 1.29 is 26.9 Å². The lowest BCUT2D eigenvalue weighted by molar-refractivity contribution is -0.126. The molecule has 10 heteroatoms. The molecule has 0 aliphatic carbocycles. The molecule has 32 heavy (non-hydrogen) atoms. The molecule has 0 aromatic heterocycles. The van der Waals surface area contributed by atoms with E-state index in [1.165, 1.54) is 0 Å². The molecule has 1 heterocycles. The van der Waals surface area contributed by atoms with Gasteiger partial charge in [-0.25, -0.2) is 4.90 Å². The summed E-state index contributed by atoms with van der Waals surface area (Å²) < 4.78 is 34.0. The van der Waals surface area contributed by atoms with Gasteiger partial charge in [0, 0.05) is 20.3 Å². The van der Waals surface area contributed by atoms with Crippen molar-refractivity contribution >= 4 is 57.4 Å². The normalized spacial score (nSPS) is 16.8. The maximum Gasteiger partial charge on any atom is 0.295 e. The highest BCUT2D eigenvalue weighted by Gasteiger charge is 2.38. The van der Waals surface area contributed by atoms with E-state index in [1.807, 2.05) is 36.4 Å². The maximum absolute atomic E-state index is 13.1. The smallest absolute Gasteiger partial charge is 0.295 e. The lowest BCUT2D eigenvalue weighted by Crippen LogP contribution is -2.32. The second kappa shape index (κ2) is 9.88. The molecular formula is C22H27NO6S2Si. The second-order valence-electron chi connectivity index (χ2n) is 8.75.